The fraction of sp³-hybridized carbons (Fsp3) is 0.333. The number of hydrogen-bond acceptors (Lipinski definition) is 5. The topological polar surface area (TPSA) is 81.2 Å². The second kappa shape index (κ2) is 5.50. The maximum atomic E-state index is 11.8. The van der Waals surface area contributed by atoms with E-state index in [1.54, 1.807) is 13.0 Å². The molecule has 6 nitrogen and oxygen atoms in total. The number of anilines is 1. The molecule has 0 bridgehead atoms. The van der Waals surface area contributed by atoms with Crippen LogP contribution in [0.15, 0.2) is 30.3 Å². The summed E-state index contributed by atoms with van der Waals surface area (Å²) in [4.78, 5) is 0. The SMILES string of the molecule is COC(C)CS(=O)(=O)Nc1cc2ccccc2nn1. The van der Waals surface area contributed by atoms with Crippen molar-refractivity contribution in [1.82, 2.24) is 10.2 Å². The highest BCUT2D eigenvalue weighted by molar-refractivity contribution is 7.92. The van der Waals surface area contributed by atoms with Crippen LogP contribution in [0.5, 0.6) is 0 Å². The molecule has 102 valence electrons. The quantitative estimate of drug-likeness (QED) is 0.896. The molecule has 1 aromatic carbocycles. The van der Waals surface area contributed by atoms with Crippen molar-refractivity contribution in [3.05, 3.63) is 30.3 Å². The van der Waals surface area contributed by atoms with E-state index < -0.39 is 10.0 Å². The average Bonchev–Trinajstić information content (AvgIpc) is 2.37. The average molecular weight is 281 g/mol. The van der Waals surface area contributed by atoms with Crippen molar-refractivity contribution in [1.29, 1.82) is 0 Å². The van der Waals surface area contributed by atoms with Crippen molar-refractivity contribution < 1.29 is 13.2 Å². The van der Waals surface area contributed by atoms with Crippen molar-refractivity contribution in [2.75, 3.05) is 17.6 Å². The van der Waals surface area contributed by atoms with Crippen LogP contribution in [0, 0.1) is 0 Å². The van der Waals surface area contributed by atoms with E-state index in [2.05, 4.69) is 14.9 Å². The number of fused-ring (bicyclic) bond motifs is 1. The number of nitrogens with one attached hydrogen (secondary N) is 1. The third-order valence-electron chi connectivity index (χ3n) is 2.61. The van der Waals surface area contributed by atoms with Gasteiger partial charge in [0, 0.05) is 12.5 Å². The van der Waals surface area contributed by atoms with Gasteiger partial charge in [0.05, 0.1) is 17.4 Å². The second-order valence-corrected chi connectivity index (χ2v) is 5.99. The Balaban J connectivity index is 2.21. The number of methoxy groups -OCH3 is 1. The minimum absolute atomic E-state index is 0.127. The third-order valence-corrected chi connectivity index (χ3v) is 4.04. The van der Waals surface area contributed by atoms with Gasteiger partial charge in [-0.3, -0.25) is 4.72 Å². The molecule has 2 rings (SSSR count). The number of ether oxygens (including phenoxy) is 1. The highest BCUT2D eigenvalue weighted by atomic mass is 32.2. The zero-order valence-electron chi connectivity index (χ0n) is 10.7. The Hall–Kier alpha value is -1.73. The summed E-state index contributed by atoms with van der Waals surface area (Å²) in [6.07, 6.45) is -0.383. The number of sulfonamides is 1. The zero-order chi connectivity index (χ0) is 13.9. The van der Waals surface area contributed by atoms with Gasteiger partial charge in [0.15, 0.2) is 5.82 Å². The molecule has 1 N–H and O–H groups in total. The van der Waals surface area contributed by atoms with Gasteiger partial charge in [-0.25, -0.2) is 8.42 Å². The molecule has 0 amide bonds. The van der Waals surface area contributed by atoms with Gasteiger partial charge in [-0.15, -0.1) is 10.2 Å². The number of nitrogens with zero attached hydrogens (tertiary/aromatic N) is 2. The lowest BCUT2D eigenvalue weighted by molar-refractivity contribution is 0.136. The van der Waals surface area contributed by atoms with Crippen LogP contribution in [0.1, 0.15) is 6.92 Å². The molecule has 1 unspecified atom stereocenters. The summed E-state index contributed by atoms with van der Waals surface area (Å²) in [7, 11) is -2.02. The van der Waals surface area contributed by atoms with Crippen LogP contribution >= 0.6 is 0 Å². The first-order valence-corrected chi connectivity index (χ1v) is 7.41. The van der Waals surface area contributed by atoms with Gasteiger partial charge in [-0.05, 0) is 19.1 Å². The predicted molar refractivity (Wildman–Crippen MR) is 73.4 cm³/mol. The minimum Gasteiger partial charge on any atom is -0.381 e. The summed E-state index contributed by atoms with van der Waals surface area (Å²) in [6, 6.07) is 9.01. The first kappa shape index (κ1) is 13.7. The van der Waals surface area contributed by atoms with Crippen LogP contribution in [-0.4, -0.2) is 37.6 Å². The van der Waals surface area contributed by atoms with Crippen LogP contribution in [0.25, 0.3) is 10.9 Å². The van der Waals surface area contributed by atoms with E-state index in [4.69, 9.17) is 4.74 Å². The van der Waals surface area contributed by atoms with Crippen LogP contribution in [0.3, 0.4) is 0 Å². The van der Waals surface area contributed by atoms with Crippen molar-refractivity contribution in [3.63, 3.8) is 0 Å². The Morgan fingerprint density at radius 3 is 2.79 bits per heavy atom. The predicted octanol–water partition coefficient (Wildman–Crippen LogP) is 1.41. The molecule has 1 atom stereocenters. The van der Waals surface area contributed by atoms with Gasteiger partial charge >= 0.3 is 0 Å². The maximum absolute atomic E-state index is 11.8. The monoisotopic (exact) mass is 281 g/mol. The lowest BCUT2D eigenvalue weighted by Gasteiger charge is -2.11. The van der Waals surface area contributed by atoms with Gasteiger partial charge in [-0.2, -0.15) is 0 Å². The van der Waals surface area contributed by atoms with Crippen molar-refractivity contribution in [2.24, 2.45) is 0 Å². The third kappa shape index (κ3) is 3.62. The number of aromatic nitrogens is 2. The molecule has 0 aliphatic rings. The van der Waals surface area contributed by atoms with Gasteiger partial charge in [-0.1, -0.05) is 18.2 Å². The molecule has 0 saturated carbocycles. The van der Waals surface area contributed by atoms with E-state index in [1.807, 2.05) is 24.3 Å². The number of hydrogen-bond donors (Lipinski definition) is 1. The van der Waals surface area contributed by atoms with E-state index in [1.165, 1.54) is 7.11 Å². The van der Waals surface area contributed by atoms with Gasteiger partial charge in [0.1, 0.15) is 0 Å². The molecule has 7 heteroatoms. The normalized spacial score (nSPS) is 13.4. The Morgan fingerprint density at radius 1 is 1.32 bits per heavy atom. The fourth-order valence-corrected chi connectivity index (χ4v) is 2.87. The highest BCUT2D eigenvalue weighted by Crippen LogP contribution is 2.14. The summed E-state index contributed by atoms with van der Waals surface area (Å²) >= 11 is 0. The molecule has 1 aromatic heterocycles. The number of rotatable bonds is 5. The van der Waals surface area contributed by atoms with Crippen LogP contribution < -0.4 is 4.72 Å². The molecular weight excluding hydrogens is 266 g/mol. The van der Waals surface area contributed by atoms with Gasteiger partial charge < -0.3 is 4.74 Å². The Kier molecular flexibility index (Phi) is 3.96. The van der Waals surface area contributed by atoms with E-state index in [0.717, 1.165) is 10.9 Å². The summed E-state index contributed by atoms with van der Waals surface area (Å²) in [5.41, 5.74) is 0.718. The van der Waals surface area contributed by atoms with Gasteiger partial charge in [0.2, 0.25) is 10.0 Å². The molecule has 0 aliphatic heterocycles. The largest absolute Gasteiger partial charge is 0.381 e. The molecule has 0 saturated heterocycles. The molecule has 2 aromatic rings. The molecule has 0 aliphatic carbocycles. The van der Waals surface area contributed by atoms with E-state index in [0.29, 0.717) is 0 Å². The van der Waals surface area contributed by atoms with Gasteiger partial charge in [0.25, 0.3) is 0 Å². The smallest absolute Gasteiger partial charge is 0.236 e. The summed E-state index contributed by atoms with van der Waals surface area (Å²) in [6.45, 7) is 1.69. The second-order valence-electron chi connectivity index (χ2n) is 4.22. The minimum atomic E-state index is -3.49. The maximum Gasteiger partial charge on any atom is 0.236 e. The van der Waals surface area contributed by atoms with Crippen molar-refractivity contribution in [2.45, 2.75) is 13.0 Å². The van der Waals surface area contributed by atoms with E-state index in [-0.39, 0.29) is 17.7 Å². The van der Waals surface area contributed by atoms with Crippen LogP contribution in [0.4, 0.5) is 5.82 Å². The summed E-state index contributed by atoms with van der Waals surface area (Å²) < 4.78 is 31.0. The van der Waals surface area contributed by atoms with E-state index in [9.17, 15) is 8.42 Å². The summed E-state index contributed by atoms with van der Waals surface area (Å²) in [5.74, 6) is 0.0832. The molecule has 1 heterocycles. The zero-order valence-corrected chi connectivity index (χ0v) is 11.5. The standard InChI is InChI=1S/C12H15N3O3S/c1-9(18-2)8-19(16,17)15-12-7-10-5-3-4-6-11(10)13-14-12/h3-7,9H,8H2,1-2H3,(H,14,15). The number of benzene rings is 1. The molecule has 0 radical (unpaired) electrons. The molecule has 0 fully saturated rings. The lowest BCUT2D eigenvalue weighted by atomic mass is 10.2. The Labute approximate surface area is 111 Å². The Morgan fingerprint density at radius 2 is 2.05 bits per heavy atom. The first-order chi connectivity index (χ1) is 9.00. The van der Waals surface area contributed by atoms with E-state index >= 15 is 0 Å². The molecule has 0 spiro atoms. The Bertz CT molecular complexity index is 673. The lowest BCUT2D eigenvalue weighted by Crippen LogP contribution is -2.25. The molecule has 19 heavy (non-hydrogen) atoms. The first-order valence-electron chi connectivity index (χ1n) is 5.76. The van der Waals surface area contributed by atoms with Crippen LogP contribution in [0.2, 0.25) is 0 Å². The summed E-state index contributed by atoms with van der Waals surface area (Å²) in [5, 5.41) is 8.63. The van der Waals surface area contributed by atoms with Crippen molar-refractivity contribution >= 4 is 26.7 Å². The fourth-order valence-electron chi connectivity index (χ4n) is 1.61. The molecular formula is C12H15N3O3S. The van der Waals surface area contributed by atoms with Crippen LogP contribution in [-0.2, 0) is 14.8 Å². The highest BCUT2D eigenvalue weighted by Gasteiger charge is 2.16. The van der Waals surface area contributed by atoms with Crippen molar-refractivity contribution in [3.8, 4) is 0 Å².